The molecule has 0 radical (unpaired) electrons. The van der Waals surface area contributed by atoms with E-state index < -0.39 is 5.97 Å². The predicted octanol–water partition coefficient (Wildman–Crippen LogP) is 9.28. The van der Waals surface area contributed by atoms with Crippen molar-refractivity contribution in [2.45, 2.75) is 105 Å². The SMILES string of the molecule is C=C(C)[C@@H]1CCC(C)=C[C@H]1c1c(O)cc(CCC)c(C(=O)OCCO)c1O.C=C(C)[C@@H]1CCC(C)=C[C@H]1c1c(O)cc(CCC)cc1O. The van der Waals surface area contributed by atoms with Crippen molar-refractivity contribution < 1.29 is 35.1 Å². The van der Waals surface area contributed by atoms with Crippen LogP contribution in [0, 0.1) is 11.8 Å². The van der Waals surface area contributed by atoms with Gasteiger partial charge in [-0.2, -0.15) is 0 Å². The highest BCUT2D eigenvalue weighted by molar-refractivity contribution is 5.95. The number of aromatic hydroxyl groups is 4. The zero-order chi connectivity index (χ0) is 35.7. The fourth-order valence-corrected chi connectivity index (χ4v) is 7.22. The number of esters is 1. The number of phenols is 4. The minimum atomic E-state index is -0.686. The Bertz CT molecular complexity index is 1520. The summed E-state index contributed by atoms with van der Waals surface area (Å²) in [7, 11) is 0. The molecule has 2 aromatic rings. The molecule has 5 N–H and O–H groups in total. The molecule has 0 amide bonds. The van der Waals surface area contributed by atoms with Crippen LogP contribution in [-0.2, 0) is 17.6 Å². The Balaban J connectivity index is 0.000000269. The van der Waals surface area contributed by atoms with E-state index in [0.29, 0.717) is 23.1 Å². The second-order valence-corrected chi connectivity index (χ2v) is 13.7. The Morgan fingerprint density at radius 1 is 0.792 bits per heavy atom. The molecule has 2 aromatic carbocycles. The summed E-state index contributed by atoms with van der Waals surface area (Å²) in [5, 5.41) is 51.5. The van der Waals surface area contributed by atoms with E-state index in [9.17, 15) is 25.2 Å². The molecular weight excluding hydrogens is 604 g/mol. The van der Waals surface area contributed by atoms with Crippen LogP contribution >= 0.6 is 0 Å². The van der Waals surface area contributed by atoms with E-state index in [2.05, 4.69) is 33.1 Å². The van der Waals surface area contributed by atoms with Gasteiger partial charge in [-0.15, -0.1) is 0 Å². The van der Waals surface area contributed by atoms with Crippen LogP contribution in [-0.4, -0.2) is 44.7 Å². The molecule has 0 fully saturated rings. The van der Waals surface area contributed by atoms with E-state index in [-0.39, 0.29) is 65.4 Å². The van der Waals surface area contributed by atoms with Crippen molar-refractivity contribution >= 4 is 5.97 Å². The van der Waals surface area contributed by atoms with Crippen molar-refractivity contribution in [1.29, 1.82) is 0 Å². The third kappa shape index (κ3) is 9.13. The molecule has 4 rings (SSSR count). The van der Waals surface area contributed by atoms with E-state index in [1.165, 1.54) is 11.1 Å². The molecule has 0 saturated carbocycles. The maximum Gasteiger partial charge on any atom is 0.342 e. The summed E-state index contributed by atoms with van der Waals surface area (Å²) in [6.07, 6.45) is 11.2. The lowest BCUT2D eigenvalue weighted by atomic mass is 9.73. The van der Waals surface area contributed by atoms with E-state index in [0.717, 1.165) is 61.7 Å². The Morgan fingerprint density at radius 2 is 1.27 bits per heavy atom. The second kappa shape index (κ2) is 17.4. The van der Waals surface area contributed by atoms with Gasteiger partial charge in [0.25, 0.3) is 0 Å². The van der Waals surface area contributed by atoms with Crippen molar-refractivity contribution in [1.82, 2.24) is 0 Å². The highest BCUT2D eigenvalue weighted by Gasteiger charge is 2.34. The van der Waals surface area contributed by atoms with E-state index in [1.54, 1.807) is 18.2 Å². The molecule has 2 aliphatic carbocycles. The van der Waals surface area contributed by atoms with Gasteiger partial charge < -0.3 is 30.3 Å². The summed E-state index contributed by atoms with van der Waals surface area (Å²) >= 11 is 0. The fraction of sp³-hybridized carbons (Fsp3) is 0.488. The quantitative estimate of drug-likeness (QED) is 0.120. The number of aryl methyl sites for hydroxylation is 2. The van der Waals surface area contributed by atoms with Crippen molar-refractivity contribution in [2.75, 3.05) is 13.2 Å². The van der Waals surface area contributed by atoms with Crippen LogP contribution in [0.2, 0.25) is 0 Å². The first-order valence-electron chi connectivity index (χ1n) is 17.3. The normalized spacial score (nSPS) is 20.6. The first kappa shape index (κ1) is 38.5. The number of rotatable bonds is 11. The highest BCUT2D eigenvalue weighted by Crippen LogP contribution is 2.49. The number of allylic oxidation sites excluding steroid dienone is 6. The van der Waals surface area contributed by atoms with Gasteiger partial charge >= 0.3 is 5.97 Å². The van der Waals surface area contributed by atoms with Crippen LogP contribution in [0.5, 0.6) is 23.0 Å². The minimum Gasteiger partial charge on any atom is -0.507 e. The van der Waals surface area contributed by atoms with Gasteiger partial charge in [-0.3, -0.25) is 0 Å². The molecule has 0 bridgehead atoms. The lowest BCUT2D eigenvalue weighted by Gasteiger charge is -2.32. The minimum absolute atomic E-state index is 0.0168. The first-order chi connectivity index (χ1) is 22.7. The first-order valence-corrected chi connectivity index (χ1v) is 17.3. The van der Waals surface area contributed by atoms with Crippen LogP contribution in [0.25, 0.3) is 0 Å². The van der Waals surface area contributed by atoms with Gasteiger partial charge in [-0.05, 0) is 107 Å². The molecular formula is C41H56O7. The molecule has 0 aliphatic heterocycles. The van der Waals surface area contributed by atoms with Crippen molar-refractivity contribution in [2.24, 2.45) is 11.8 Å². The topological polar surface area (TPSA) is 127 Å². The Kier molecular flexibility index (Phi) is 14.0. The molecule has 0 heterocycles. The van der Waals surface area contributed by atoms with Crippen LogP contribution in [0.3, 0.4) is 0 Å². The van der Waals surface area contributed by atoms with Crippen LogP contribution in [0.4, 0.5) is 0 Å². The Hall–Kier alpha value is -3.97. The summed E-state index contributed by atoms with van der Waals surface area (Å²) in [6.45, 7) is 19.9. The molecule has 7 nitrogen and oxygen atoms in total. The van der Waals surface area contributed by atoms with Crippen molar-refractivity contribution in [3.05, 3.63) is 93.6 Å². The number of carbonyl (C=O) groups is 1. The van der Waals surface area contributed by atoms with Crippen LogP contribution in [0.1, 0.15) is 125 Å². The standard InChI is InChI=1S/C22H30O5.C19H26O2/c1-5-6-15-12-18(24)20(21(25)19(15)22(26)27-10-9-23)17-11-14(4)7-8-16(17)13(2)3;1-5-6-14-10-17(20)19(18(21)11-14)16-9-13(4)7-8-15(16)12(2)3/h11-12,16-17,23-25H,2,5-10H2,1,3-4H3;9-11,15-16,20-21H,2,5-8H2,1,3-4H3/t16-,17+;15-,16+/m00/s1. The lowest BCUT2D eigenvalue weighted by Crippen LogP contribution is -2.19. The van der Waals surface area contributed by atoms with Gasteiger partial charge in [0.1, 0.15) is 35.2 Å². The second-order valence-electron chi connectivity index (χ2n) is 13.7. The number of benzene rings is 2. The van der Waals surface area contributed by atoms with Crippen LogP contribution in [0.15, 0.2) is 65.8 Å². The molecule has 48 heavy (non-hydrogen) atoms. The zero-order valence-corrected chi connectivity index (χ0v) is 29.7. The van der Waals surface area contributed by atoms with Gasteiger partial charge in [0.2, 0.25) is 0 Å². The maximum atomic E-state index is 12.5. The average molecular weight is 661 g/mol. The van der Waals surface area contributed by atoms with E-state index >= 15 is 0 Å². The average Bonchev–Trinajstić information content (AvgIpc) is 3.00. The van der Waals surface area contributed by atoms with Crippen molar-refractivity contribution in [3.63, 3.8) is 0 Å². The number of hydrogen-bond acceptors (Lipinski definition) is 7. The number of aliphatic hydroxyl groups is 1. The lowest BCUT2D eigenvalue weighted by molar-refractivity contribution is 0.0429. The third-order valence-electron chi connectivity index (χ3n) is 9.61. The molecule has 0 aromatic heterocycles. The van der Waals surface area contributed by atoms with Gasteiger partial charge in [0.05, 0.1) is 6.61 Å². The maximum absolute atomic E-state index is 12.5. The zero-order valence-electron chi connectivity index (χ0n) is 29.7. The number of phenolic OH excluding ortho intramolecular Hbond substituents is 4. The number of aliphatic hydroxyl groups excluding tert-OH is 1. The molecule has 2 aliphatic rings. The Morgan fingerprint density at radius 3 is 1.73 bits per heavy atom. The van der Waals surface area contributed by atoms with Gasteiger partial charge in [-0.25, -0.2) is 4.79 Å². The third-order valence-corrected chi connectivity index (χ3v) is 9.61. The smallest absolute Gasteiger partial charge is 0.342 e. The molecule has 0 saturated heterocycles. The molecule has 0 spiro atoms. The molecule has 7 heteroatoms. The summed E-state index contributed by atoms with van der Waals surface area (Å²) in [5.74, 6) is -0.397. The predicted molar refractivity (Wildman–Crippen MR) is 193 cm³/mol. The summed E-state index contributed by atoms with van der Waals surface area (Å²) in [5.41, 5.74) is 7.19. The molecule has 262 valence electrons. The summed E-state index contributed by atoms with van der Waals surface area (Å²) in [4.78, 5) is 12.5. The summed E-state index contributed by atoms with van der Waals surface area (Å²) < 4.78 is 5.06. The highest BCUT2D eigenvalue weighted by atomic mass is 16.5. The monoisotopic (exact) mass is 660 g/mol. The van der Waals surface area contributed by atoms with Gasteiger partial charge in [0, 0.05) is 23.0 Å². The largest absolute Gasteiger partial charge is 0.507 e. The Labute approximate surface area is 287 Å². The van der Waals surface area contributed by atoms with Gasteiger partial charge in [-0.1, -0.05) is 74.3 Å². The molecule has 0 unspecified atom stereocenters. The van der Waals surface area contributed by atoms with E-state index in [4.69, 9.17) is 9.84 Å². The summed E-state index contributed by atoms with van der Waals surface area (Å²) in [6, 6.07) is 5.15. The van der Waals surface area contributed by atoms with Gasteiger partial charge in [0.15, 0.2) is 0 Å². The van der Waals surface area contributed by atoms with Crippen LogP contribution < -0.4 is 0 Å². The molecule has 4 atom stereocenters. The van der Waals surface area contributed by atoms with Crippen molar-refractivity contribution in [3.8, 4) is 23.0 Å². The fourth-order valence-electron chi connectivity index (χ4n) is 7.22. The number of carbonyl (C=O) groups excluding carboxylic acids is 1. The number of ether oxygens (including phenoxy) is 1. The number of hydrogen-bond donors (Lipinski definition) is 5. The van der Waals surface area contributed by atoms with E-state index in [1.807, 2.05) is 33.8 Å².